The van der Waals surface area contributed by atoms with E-state index >= 15 is 0 Å². The Hall–Kier alpha value is -3.49. The molecule has 1 aliphatic carbocycles. The van der Waals surface area contributed by atoms with Gasteiger partial charge in [0.25, 0.3) is 0 Å². The predicted octanol–water partition coefficient (Wildman–Crippen LogP) is 8.58. The molecule has 0 bridgehead atoms. The number of thiophene rings is 1. The van der Waals surface area contributed by atoms with Gasteiger partial charge in [0.15, 0.2) is 0 Å². The Balaban J connectivity index is 1.40. The molecule has 1 nitrogen and oxygen atoms in total. The van der Waals surface area contributed by atoms with Gasteiger partial charge in [0.05, 0.1) is 5.52 Å². The molecule has 2 heteroatoms. The van der Waals surface area contributed by atoms with Crippen LogP contribution in [0.2, 0.25) is 0 Å². The van der Waals surface area contributed by atoms with E-state index in [0.29, 0.717) is 0 Å². The topological polar surface area (TPSA) is 12.9 Å². The molecule has 4 aromatic carbocycles. The number of pyridine rings is 1. The maximum Gasteiger partial charge on any atom is 0.0705 e. The lowest BCUT2D eigenvalue weighted by atomic mass is 9.81. The van der Waals surface area contributed by atoms with E-state index in [4.69, 9.17) is 0 Å². The minimum atomic E-state index is -0.0475. The van der Waals surface area contributed by atoms with E-state index in [1.165, 1.54) is 58.9 Å². The highest BCUT2D eigenvalue weighted by atomic mass is 32.1. The lowest BCUT2D eigenvalue weighted by molar-refractivity contribution is 0.661. The summed E-state index contributed by atoms with van der Waals surface area (Å²) in [6.07, 6.45) is 1.88. The zero-order chi connectivity index (χ0) is 21.4. The SMILES string of the molecule is CC1(C)c2cc(-c3ccc4c(c3)sc3ccccc34)ccc2-c2cc3cccnc3cc21. The summed E-state index contributed by atoms with van der Waals surface area (Å²) in [6, 6.07) is 31.4. The monoisotopic (exact) mass is 427 g/mol. The molecule has 0 N–H and O–H groups in total. The minimum absolute atomic E-state index is 0.0475. The molecule has 2 aromatic heterocycles. The molecular weight excluding hydrogens is 406 g/mol. The van der Waals surface area contributed by atoms with Gasteiger partial charge in [-0.3, -0.25) is 4.98 Å². The van der Waals surface area contributed by atoms with Gasteiger partial charge >= 0.3 is 0 Å². The van der Waals surface area contributed by atoms with E-state index in [9.17, 15) is 0 Å². The summed E-state index contributed by atoms with van der Waals surface area (Å²) in [5, 5.41) is 3.90. The van der Waals surface area contributed by atoms with Crippen molar-refractivity contribution >= 4 is 42.4 Å². The second-order valence-electron chi connectivity index (χ2n) is 9.29. The molecule has 7 rings (SSSR count). The molecule has 0 saturated carbocycles. The maximum absolute atomic E-state index is 4.60. The minimum Gasteiger partial charge on any atom is -0.256 e. The van der Waals surface area contributed by atoms with Gasteiger partial charge in [0.2, 0.25) is 0 Å². The third-order valence-corrected chi connectivity index (χ3v) is 8.24. The molecule has 152 valence electrons. The summed E-state index contributed by atoms with van der Waals surface area (Å²) in [5.74, 6) is 0. The van der Waals surface area contributed by atoms with Crippen LogP contribution in [0.25, 0.3) is 53.3 Å². The van der Waals surface area contributed by atoms with Crippen LogP contribution in [0.1, 0.15) is 25.0 Å². The molecule has 1 aliphatic rings. The maximum atomic E-state index is 4.60. The predicted molar refractivity (Wildman–Crippen MR) is 138 cm³/mol. The first-order chi connectivity index (χ1) is 15.6. The van der Waals surface area contributed by atoms with Gasteiger partial charge in [-0.15, -0.1) is 11.3 Å². The van der Waals surface area contributed by atoms with Gasteiger partial charge in [-0.2, -0.15) is 0 Å². The molecule has 6 aromatic rings. The van der Waals surface area contributed by atoms with Crippen LogP contribution in [0.3, 0.4) is 0 Å². The first-order valence-corrected chi connectivity index (χ1v) is 11.9. The quantitative estimate of drug-likeness (QED) is 0.256. The van der Waals surface area contributed by atoms with Crippen molar-refractivity contribution in [1.82, 2.24) is 4.98 Å². The lowest BCUT2D eigenvalue weighted by Crippen LogP contribution is -2.15. The Morgan fingerprint density at radius 2 is 1.44 bits per heavy atom. The van der Waals surface area contributed by atoms with E-state index in [1.807, 2.05) is 23.6 Å². The summed E-state index contributed by atoms with van der Waals surface area (Å²) < 4.78 is 2.70. The third kappa shape index (κ3) is 2.42. The molecule has 0 atom stereocenters. The van der Waals surface area contributed by atoms with Crippen molar-refractivity contribution in [2.45, 2.75) is 19.3 Å². The van der Waals surface area contributed by atoms with Gasteiger partial charge in [-0.1, -0.05) is 62.4 Å². The normalized spacial score (nSPS) is 14.2. The van der Waals surface area contributed by atoms with Crippen LogP contribution in [-0.2, 0) is 5.41 Å². The highest BCUT2D eigenvalue weighted by Crippen LogP contribution is 2.50. The summed E-state index contributed by atoms with van der Waals surface area (Å²) in [6.45, 7) is 4.68. The van der Waals surface area contributed by atoms with E-state index in [0.717, 1.165) is 5.52 Å². The van der Waals surface area contributed by atoms with Crippen LogP contribution in [0.4, 0.5) is 0 Å². The first-order valence-electron chi connectivity index (χ1n) is 11.1. The van der Waals surface area contributed by atoms with Crippen LogP contribution >= 0.6 is 11.3 Å². The second kappa shape index (κ2) is 6.27. The molecule has 0 saturated heterocycles. The first kappa shape index (κ1) is 18.1. The number of hydrogen-bond acceptors (Lipinski definition) is 2. The molecular formula is C30H21NS. The van der Waals surface area contributed by atoms with Crippen molar-refractivity contribution in [1.29, 1.82) is 0 Å². The highest BCUT2D eigenvalue weighted by molar-refractivity contribution is 7.25. The lowest BCUT2D eigenvalue weighted by Gasteiger charge is -2.22. The fraction of sp³-hybridized carbons (Fsp3) is 0.100. The highest BCUT2D eigenvalue weighted by Gasteiger charge is 2.36. The summed E-state index contributed by atoms with van der Waals surface area (Å²) >= 11 is 1.88. The molecule has 2 heterocycles. The zero-order valence-electron chi connectivity index (χ0n) is 18.0. The van der Waals surface area contributed by atoms with Crippen molar-refractivity contribution in [2.24, 2.45) is 0 Å². The number of aromatic nitrogens is 1. The number of benzene rings is 4. The van der Waals surface area contributed by atoms with Crippen molar-refractivity contribution in [3.05, 3.63) is 102 Å². The Bertz CT molecular complexity index is 1700. The van der Waals surface area contributed by atoms with Crippen LogP contribution in [0.5, 0.6) is 0 Å². The Morgan fingerprint density at radius 1 is 0.656 bits per heavy atom. The van der Waals surface area contributed by atoms with E-state index < -0.39 is 0 Å². The van der Waals surface area contributed by atoms with Crippen LogP contribution in [0.15, 0.2) is 91.1 Å². The zero-order valence-corrected chi connectivity index (χ0v) is 18.8. The number of fused-ring (bicyclic) bond motifs is 7. The molecule has 0 aliphatic heterocycles. The van der Waals surface area contributed by atoms with Gasteiger partial charge in [-0.05, 0) is 69.8 Å². The number of rotatable bonds is 1. The third-order valence-electron chi connectivity index (χ3n) is 7.11. The van der Waals surface area contributed by atoms with E-state index in [2.05, 4.69) is 97.7 Å². The van der Waals surface area contributed by atoms with Gasteiger partial charge in [-0.25, -0.2) is 0 Å². The van der Waals surface area contributed by atoms with Gasteiger partial charge < -0.3 is 0 Å². The van der Waals surface area contributed by atoms with Crippen molar-refractivity contribution in [3.63, 3.8) is 0 Å². The van der Waals surface area contributed by atoms with Crippen molar-refractivity contribution in [2.75, 3.05) is 0 Å². The smallest absolute Gasteiger partial charge is 0.0705 e. The van der Waals surface area contributed by atoms with Crippen LogP contribution in [0, 0.1) is 0 Å². The molecule has 0 amide bonds. The average Bonchev–Trinajstić information content (AvgIpc) is 3.30. The summed E-state index contributed by atoms with van der Waals surface area (Å²) in [7, 11) is 0. The summed E-state index contributed by atoms with van der Waals surface area (Å²) in [5.41, 5.74) is 9.06. The molecule has 0 unspecified atom stereocenters. The summed E-state index contributed by atoms with van der Waals surface area (Å²) in [4.78, 5) is 4.60. The molecule has 0 fully saturated rings. The van der Waals surface area contributed by atoms with E-state index in [1.54, 1.807) is 0 Å². The fourth-order valence-electron chi connectivity index (χ4n) is 5.39. The van der Waals surface area contributed by atoms with Gasteiger partial charge in [0, 0.05) is 37.2 Å². The van der Waals surface area contributed by atoms with Gasteiger partial charge in [0.1, 0.15) is 0 Å². The standard InChI is InChI=1S/C30H21NS/c1-30(2)25-15-18(19-10-12-23-22-7-3-4-8-28(22)32-29(23)16-19)9-11-21(25)24-14-20-6-5-13-31-27(20)17-26(24)30/h3-17H,1-2H3. The number of nitrogens with zero attached hydrogens (tertiary/aromatic N) is 1. The fourth-order valence-corrected chi connectivity index (χ4v) is 6.53. The largest absolute Gasteiger partial charge is 0.256 e. The molecule has 0 spiro atoms. The van der Waals surface area contributed by atoms with Crippen LogP contribution in [-0.4, -0.2) is 4.98 Å². The van der Waals surface area contributed by atoms with Crippen molar-refractivity contribution < 1.29 is 0 Å². The van der Waals surface area contributed by atoms with Crippen molar-refractivity contribution in [3.8, 4) is 22.3 Å². The molecule has 0 radical (unpaired) electrons. The Kier molecular flexibility index (Phi) is 3.55. The number of hydrogen-bond donors (Lipinski definition) is 0. The Morgan fingerprint density at radius 3 is 2.38 bits per heavy atom. The molecule has 32 heavy (non-hydrogen) atoms. The van der Waals surface area contributed by atoms with E-state index in [-0.39, 0.29) is 5.41 Å². The Labute approximate surface area is 191 Å². The average molecular weight is 428 g/mol. The second-order valence-corrected chi connectivity index (χ2v) is 10.4. The van der Waals surface area contributed by atoms with Crippen LogP contribution < -0.4 is 0 Å².